The lowest BCUT2D eigenvalue weighted by Gasteiger charge is -2.18. The largest absolute Gasteiger partial charge is 0.462 e. The molecule has 0 fully saturated rings. The molecule has 0 N–H and O–H groups in total. The number of rotatable bonds is 55. The lowest BCUT2D eigenvalue weighted by Crippen LogP contribution is -2.30. The Kier molecular flexibility index (Phi) is 55.7. The van der Waals surface area contributed by atoms with Crippen LogP contribution < -0.4 is 0 Å². The van der Waals surface area contributed by atoms with Crippen molar-refractivity contribution in [2.45, 2.75) is 322 Å². The quantitative estimate of drug-likeness (QED) is 0.0262. The van der Waals surface area contributed by atoms with Gasteiger partial charge in [0.2, 0.25) is 0 Å². The first-order valence-electron chi connectivity index (χ1n) is 30.1. The number of unbranched alkanes of at least 4 members (excludes halogenated alkanes) is 36. The minimum absolute atomic E-state index is 0.0735. The molecule has 402 valence electrons. The van der Waals surface area contributed by atoms with Crippen molar-refractivity contribution in [3.05, 3.63) is 48.6 Å². The van der Waals surface area contributed by atoms with Gasteiger partial charge in [-0.25, -0.2) is 0 Å². The van der Waals surface area contributed by atoms with Gasteiger partial charge >= 0.3 is 17.9 Å². The van der Waals surface area contributed by atoms with Gasteiger partial charge in [-0.2, -0.15) is 0 Å². The average Bonchev–Trinajstić information content (AvgIpc) is 3.35. The predicted molar refractivity (Wildman–Crippen MR) is 298 cm³/mol. The van der Waals surface area contributed by atoms with Gasteiger partial charge in [-0.15, -0.1) is 0 Å². The van der Waals surface area contributed by atoms with E-state index in [1.807, 2.05) is 0 Å². The number of hydrogen-bond donors (Lipinski definition) is 0. The Morgan fingerprint density at radius 2 is 0.522 bits per heavy atom. The van der Waals surface area contributed by atoms with Crippen molar-refractivity contribution < 1.29 is 28.6 Å². The molecule has 69 heavy (non-hydrogen) atoms. The second kappa shape index (κ2) is 57.9. The summed E-state index contributed by atoms with van der Waals surface area (Å²) in [6.45, 7) is 6.58. The molecule has 1 unspecified atom stereocenters. The van der Waals surface area contributed by atoms with Crippen molar-refractivity contribution in [1.82, 2.24) is 0 Å². The molecular formula is C63H114O6. The third-order valence-electron chi connectivity index (χ3n) is 13.3. The Balaban J connectivity index is 3.98. The standard InChI is InChI=1S/C63H114O6/c1-4-7-10-13-16-18-20-22-24-25-26-27-28-29-30-31-32-33-34-35-36-37-38-39-40-42-43-45-47-50-53-56-62(65)68-59-60(58-67-61(64)55-52-49-15-12-9-6-3)69-63(66)57-54-51-48-46-44-41-23-21-19-17-14-11-8-5-2/h20-23,25-26,28-29,60H,4-19,24,27,30-59H2,1-3H3/b22-20-,23-21-,26-25-,29-28-. The van der Waals surface area contributed by atoms with Crippen molar-refractivity contribution in [2.75, 3.05) is 13.2 Å². The maximum absolute atomic E-state index is 12.8. The van der Waals surface area contributed by atoms with Gasteiger partial charge in [0.1, 0.15) is 13.2 Å². The van der Waals surface area contributed by atoms with E-state index in [0.29, 0.717) is 19.3 Å². The van der Waals surface area contributed by atoms with Crippen LogP contribution in [-0.4, -0.2) is 37.2 Å². The molecule has 0 amide bonds. The molecule has 0 aromatic rings. The summed E-state index contributed by atoms with van der Waals surface area (Å²) in [5, 5.41) is 0. The molecule has 0 saturated carbocycles. The number of hydrogen-bond acceptors (Lipinski definition) is 6. The van der Waals surface area contributed by atoms with E-state index in [-0.39, 0.29) is 31.1 Å². The summed E-state index contributed by atoms with van der Waals surface area (Å²) >= 11 is 0. The van der Waals surface area contributed by atoms with Crippen molar-refractivity contribution in [3.63, 3.8) is 0 Å². The van der Waals surface area contributed by atoms with Crippen molar-refractivity contribution in [3.8, 4) is 0 Å². The van der Waals surface area contributed by atoms with Crippen LogP contribution in [0.4, 0.5) is 0 Å². The number of carbonyl (C=O) groups is 3. The topological polar surface area (TPSA) is 78.9 Å². The number of allylic oxidation sites excluding steroid dienone is 8. The van der Waals surface area contributed by atoms with Gasteiger partial charge < -0.3 is 14.2 Å². The second-order valence-corrected chi connectivity index (χ2v) is 20.3. The fourth-order valence-corrected chi connectivity index (χ4v) is 8.74. The third-order valence-corrected chi connectivity index (χ3v) is 13.3. The van der Waals surface area contributed by atoms with E-state index in [4.69, 9.17) is 14.2 Å². The highest BCUT2D eigenvalue weighted by molar-refractivity contribution is 5.71. The maximum Gasteiger partial charge on any atom is 0.306 e. The SMILES string of the molecule is CCCCCCC/C=C\C/C=C\C/C=C\CCCCCCCCCCCCCCCCCCC(=O)OCC(COC(=O)CCCCCCCC)OC(=O)CCCCCCC/C=C\CCCCCCC. The molecule has 0 rings (SSSR count). The van der Waals surface area contributed by atoms with E-state index in [2.05, 4.69) is 69.4 Å². The fraction of sp³-hybridized carbons (Fsp3) is 0.825. The minimum Gasteiger partial charge on any atom is -0.462 e. The maximum atomic E-state index is 12.8. The van der Waals surface area contributed by atoms with Gasteiger partial charge in [0, 0.05) is 19.3 Å². The van der Waals surface area contributed by atoms with Gasteiger partial charge in [-0.3, -0.25) is 14.4 Å². The molecule has 0 aliphatic rings. The highest BCUT2D eigenvalue weighted by Gasteiger charge is 2.19. The van der Waals surface area contributed by atoms with Gasteiger partial charge in [-0.1, -0.05) is 262 Å². The molecule has 1 atom stereocenters. The Morgan fingerprint density at radius 1 is 0.290 bits per heavy atom. The average molecular weight is 968 g/mol. The fourth-order valence-electron chi connectivity index (χ4n) is 8.74. The summed E-state index contributed by atoms with van der Waals surface area (Å²) in [6.07, 6.45) is 71.6. The summed E-state index contributed by atoms with van der Waals surface area (Å²) in [5.74, 6) is -0.880. The summed E-state index contributed by atoms with van der Waals surface area (Å²) < 4.78 is 16.7. The second-order valence-electron chi connectivity index (χ2n) is 20.3. The zero-order valence-electron chi connectivity index (χ0n) is 46.1. The first-order chi connectivity index (χ1) is 34.0. The Bertz CT molecular complexity index is 1200. The molecule has 0 aliphatic heterocycles. The first-order valence-corrected chi connectivity index (χ1v) is 30.1. The van der Waals surface area contributed by atoms with Gasteiger partial charge in [0.15, 0.2) is 6.10 Å². The van der Waals surface area contributed by atoms with Gasteiger partial charge in [-0.05, 0) is 83.5 Å². The Hall–Kier alpha value is -2.63. The molecule has 0 aliphatic carbocycles. The van der Waals surface area contributed by atoms with Crippen LogP contribution in [0.15, 0.2) is 48.6 Å². The predicted octanol–water partition coefficient (Wildman–Crippen LogP) is 20.2. The van der Waals surface area contributed by atoms with Crippen LogP contribution in [0.3, 0.4) is 0 Å². The monoisotopic (exact) mass is 967 g/mol. The Morgan fingerprint density at radius 3 is 0.826 bits per heavy atom. The zero-order chi connectivity index (χ0) is 50.0. The van der Waals surface area contributed by atoms with Crippen molar-refractivity contribution >= 4 is 17.9 Å². The molecule has 0 aromatic heterocycles. The molecule has 0 aromatic carbocycles. The lowest BCUT2D eigenvalue weighted by molar-refractivity contribution is -0.167. The van der Waals surface area contributed by atoms with Crippen molar-refractivity contribution in [1.29, 1.82) is 0 Å². The molecule has 6 heteroatoms. The smallest absolute Gasteiger partial charge is 0.306 e. The summed E-state index contributed by atoms with van der Waals surface area (Å²) in [4.78, 5) is 37.8. The number of esters is 3. The molecule has 0 heterocycles. The molecule has 0 bridgehead atoms. The van der Waals surface area contributed by atoms with E-state index in [0.717, 1.165) is 77.0 Å². The normalized spacial score (nSPS) is 12.3. The van der Waals surface area contributed by atoms with E-state index < -0.39 is 6.10 Å². The highest BCUT2D eigenvalue weighted by atomic mass is 16.6. The molecular weight excluding hydrogens is 853 g/mol. The van der Waals surface area contributed by atoms with E-state index in [9.17, 15) is 14.4 Å². The first kappa shape index (κ1) is 66.4. The lowest BCUT2D eigenvalue weighted by atomic mass is 10.0. The summed E-state index contributed by atoms with van der Waals surface area (Å²) in [6, 6.07) is 0. The minimum atomic E-state index is -0.771. The van der Waals surface area contributed by atoms with Crippen LogP contribution in [0.1, 0.15) is 316 Å². The Labute approximate surface area is 428 Å². The third kappa shape index (κ3) is 56.2. The van der Waals surface area contributed by atoms with Crippen LogP contribution in [0.5, 0.6) is 0 Å². The number of carbonyl (C=O) groups excluding carboxylic acids is 3. The zero-order valence-corrected chi connectivity index (χ0v) is 46.1. The van der Waals surface area contributed by atoms with Crippen LogP contribution >= 0.6 is 0 Å². The molecule has 0 saturated heterocycles. The van der Waals surface area contributed by atoms with Crippen LogP contribution in [0.2, 0.25) is 0 Å². The van der Waals surface area contributed by atoms with E-state index >= 15 is 0 Å². The van der Waals surface area contributed by atoms with Gasteiger partial charge in [0.05, 0.1) is 0 Å². The van der Waals surface area contributed by atoms with Gasteiger partial charge in [0.25, 0.3) is 0 Å². The molecule has 6 nitrogen and oxygen atoms in total. The van der Waals surface area contributed by atoms with Crippen LogP contribution in [-0.2, 0) is 28.6 Å². The molecule has 0 radical (unpaired) electrons. The van der Waals surface area contributed by atoms with E-state index in [1.165, 1.54) is 199 Å². The summed E-state index contributed by atoms with van der Waals surface area (Å²) in [7, 11) is 0. The van der Waals surface area contributed by atoms with Crippen LogP contribution in [0, 0.1) is 0 Å². The number of ether oxygens (including phenoxy) is 3. The highest BCUT2D eigenvalue weighted by Crippen LogP contribution is 2.16. The molecule has 0 spiro atoms. The van der Waals surface area contributed by atoms with Crippen molar-refractivity contribution in [2.24, 2.45) is 0 Å². The summed E-state index contributed by atoms with van der Waals surface area (Å²) in [5.41, 5.74) is 0. The van der Waals surface area contributed by atoms with Crippen LogP contribution in [0.25, 0.3) is 0 Å². The van der Waals surface area contributed by atoms with E-state index in [1.54, 1.807) is 0 Å².